The summed E-state index contributed by atoms with van der Waals surface area (Å²) in [5, 5.41) is 0. The van der Waals surface area contributed by atoms with Crippen molar-refractivity contribution in [3.05, 3.63) is 31.5 Å². The number of rotatable bonds is 9. The molecule has 3 unspecified atom stereocenters. The maximum absolute atomic E-state index is 12.6. The van der Waals surface area contributed by atoms with Crippen LogP contribution in [-0.4, -0.2) is 31.0 Å². The molecule has 0 saturated carbocycles. The van der Waals surface area contributed by atoms with Crippen LogP contribution in [0.4, 0.5) is 0 Å². The number of hydrogen-bond acceptors (Lipinski definition) is 6. The average Bonchev–Trinajstić information content (AvgIpc) is 2.58. The Morgan fingerprint density at radius 3 is 0.926 bits per heavy atom. The van der Waals surface area contributed by atoms with Gasteiger partial charge in [-0.15, -0.1) is 0 Å². The minimum absolute atomic E-state index is 0. The Labute approximate surface area is 252 Å². The van der Waals surface area contributed by atoms with E-state index in [9.17, 15) is 14.4 Å². The Kier molecular flexibility index (Phi) is 22.1. The van der Waals surface area contributed by atoms with E-state index in [1.165, 1.54) is 0 Å². The van der Waals surface area contributed by atoms with E-state index in [4.69, 9.17) is 37.9 Å². The van der Waals surface area contributed by atoms with Gasteiger partial charge in [0.1, 0.15) is 0 Å². The number of aromatic nitrogens is 3. The van der Waals surface area contributed by atoms with Crippen LogP contribution in [-0.2, 0) is 156 Å². The van der Waals surface area contributed by atoms with Crippen LogP contribution < -0.4 is 17.1 Å². The van der Waals surface area contributed by atoms with Crippen molar-refractivity contribution in [1.82, 2.24) is 13.7 Å². The van der Waals surface area contributed by atoms with E-state index in [1.807, 2.05) is 20.8 Å². The molecular formula is C15H24N3O3S3Y3-3. The molecule has 27 heavy (non-hydrogen) atoms. The number of nitrogens with zero attached hydrogens (tertiary/aromatic N) is 3. The van der Waals surface area contributed by atoms with Crippen molar-refractivity contribution in [1.29, 1.82) is 0 Å². The summed E-state index contributed by atoms with van der Waals surface area (Å²) < 4.78 is 3.35. The Bertz CT molecular complexity index is 599. The Morgan fingerprint density at radius 1 is 0.593 bits per heavy atom. The maximum Gasteiger partial charge on any atom is 0.336 e. The van der Waals surface area contributed by atoms with Gasteiger partial charge in [-0.25, -0.2) is 28.1 Å². The van der Waals surface area contributed by atoms with Crippen molar-refractivity contribution in [3.8, 4) is 0 Å². The fourth-order valence-electron chi connectivity index (χ4n) is 2.24. The molecule has 12 heteroatoms. The van der Waals surface area contributed by atoms with Crippen LogP contribution in [0.5, 0.6) is 0 Å². The molecule has 0 fully saturated rings. The van der Waals surface area contributed by atoms with E-state index >= 15 is 0 Å². The van der Waals surface area contributed by atoms with Crippen LogP contribution >= 0.6 is 0 Å². The van der Waals surface area contributed by atoms with Gasteiger partial charge in [-0.05, 0) is 17.8 Å². The zero-order chi connectivity index (χ0) is 18.4. The molecule has 0 amide bonds. The first-order valence-electron chi connectivity index (χ1n) is 7.95. The Morgan fingerprint density at radius 2 is 0.778 bits per heavy atom. The van der Waals surface area contributed by atoms with E-state index in [2.05, 4.69) is 0 Å². The van der Waals surface area contributed by atoms with Gasteiger partial charge in [-0.1, -0.05) is 20.8 Å². The zero-order valence-electron chi connectivity index (χ0n) is 16.0. The molecule has 1 aromatic heterocycles. The monoisotopic (exact) mass is 657 g/mol. The summed E-state index contributed by atoms with van der Waals surface area (Å²) >= 11 is 15.0. The van der Waals surface area contributed by atoms with Gasteiger partial charge in [0.05, 0.1) is 0 Å². The molecule has 0 N–H and O–H groups in total. The fourth-order valence-corrected chi connectivity index (χ4v) is 2.56. The van der Waals surface area contributed by atoms with Crippen molar-refractivity contribution >= 4 is 37.9 Å². The van der Waals surface area contributed by atoms with Crippen LogP contribution in [0, 0.1) is 17.8 Å². The smallest absolute Gasteiger partial charge is 0.336 e. The molecule has 0 aliphatic rings. The van der Waals surface area contributed by atoms with E-state index in [0.29, 0.717) is 17.3 Å². The van der Waals surface area contributed by atoms with Gasteiger partial charge in [-0.3, -0.25) is 0 Å². The predicted molar refractivity (Wildman–Crippen MR) is 103 cm³/mol. The topological polar surface area (TPSA) is 66.0 Å². The summed E-state index contributed by atoms with van der Waals surface area (Å²) in [6, 6.07) is 0. The van der Waals surface area contributed by atoms with Crippen LogP contribution in [0.3, 0.4) is 0 Å². The number of hydrogen-bond donors (Lipinski definition) is 0. The van der Waals surface area contributed by atoms with E-state index < -0.39 is 17.1 Å². The molecule has 3 atom stereocenters. The second-order valence-corrected chi connectivity index (χ2v) is 7.50. The van der Waals surface area contributed by atoms with Crippen molar-refractivity contribution < 1.29 is 98.1 Å². The van der Waals surface area contributed by atoms with Gasteiger partial charge in [-0.2, -0.15) is 17.3 Å². The van der Waals surface area contributed by atoms with Gasteiger partial charge in [0.2, 0.25) is 0 Å². The summed E-state index contributed by atoms with van der Waals surface area (Å²) in [6.45, 7) is 6.22. The van der Waals surface area contributed by atoms with E-state index in [0.717, 1.165) is 13.7 Å². The van der Waals surface area contributed by atoms with Crippen LogP contribution in [0.15, 0.2) is 14.4 Å². The van der Waals surface area contributed by atoms with Crippen molar-refractivity contribution in [3.63, 3.8) is 0 Å². The van der Waals surface area contributed by atoms with Gasteiger partial charge in [0.25, 0.3) is 0 Å². The third-order valence-electron chi connectivity index (χ3n) is 3.72. The Hall–Kier alpha value is 2.77. The van der Waals surface area contributed by atoms with E-state index in [1.54, 1.807) is 0 Å². The molecule has 1 heterocycles. The summed E-state index contributed by atoms with van der Waals surface area (Å²) in [6.07, 6.45) is 0. The molecule has 1 rings (SSSR count). The van der Waals surface area contributed by atoms with Gasteiger partial charge in [0.15, 0.2) is 0 Å². The summed E-state index contributed by atoms with van der Waals surface area (Å²) in [7, 11) is 0. The Balaban J connectivity index is -0.00000192. The molecule has 0 spiro atoms. The first-order valence-corrected chi connectivity index (χ1v) is 9.68. The molecule has 3 radical (unpaired) electrons. The normalized spacial score (nSPS) is 13.6. The summed E-state index contributed by atoms with van der Waals surface area (Å²) in [5.41, 5.74) is -1.76. The quantitative estimate of drug-likeness (QED) is 0.341. The molecule has 0 aromatic carbocycles. The van der Waals surface area contributed by atoms with Crippen LogP contribution in [0.1, 0.15) is 20.8 Å². The molecule has 1 aromatic rings. The molecule has 0 aliphatic heterocycles. The third kappa shape index (κ3) is 10.3. The molecule has 0 saturated heterocycles. The molecule has 0 aliphatic carbocycles. The third-order valence-corrected chi connectivity index (χ3v) is 5.43. The average molecular weight is 657 g/mol. The minimum atomic E-state index is -0.585. The fraction of sp³-hybridized carbons (Fsp3) is 0.800. The van der Waals surface area contributed by atoms with Gasteiger partial charge >= 0.3 is 17.1 Å². The molecule has 6 nitrogen and oxygen atoms in total. The second-order valence-electron chi connectivity index (χ2n) is 6.50. The summed E-state index contributed by atoms with van der Waals surface area (Å²) in [5.74, 6) is 1.23. The molecule has 0 bridgehead atoms. The largest absolute Gasteiger partial charge is 0.792 e. The summed E-state index contributed by atoms with van der Waals surface area (Å²) in [4.78, 5) is 37.9. The first kappa shape index (κ1) is 34.4. The molecular weight excluding hydrogens is 633 g/mol. The van der Waals surface area contributed by atoms with Crippen molar-refractivity contribution in [2.75, 3.05) is 17.3 Å². The van der Waals surface area contributed by atoms with Crippen molar-refractivity contribution in [2.45, 2.75) is 40.4 Å². The SMILES string of the molecule is CC(C[S-])Cn1c(=O)n(CC(C)C[S-])c(=O)n(CC(C)C[S-])c1=O.[Y].[Y].[Y]. The van der Waals surface area contributed by atoms with Gasteiger partial charge in [0, 0.05) is 118 Å². The second kappa shape index (κ2) is 17.3. The molecule has 147 valence electrons. The van der Waals surface area contributed by atoms with Crippen LogP contribution in [0.25, 0.3) is 0 Å². The standard InChI is InChI=1S/C15H27N3O3S3.3Y/c1-10(7-22)4-16-13(19)17(5-11(2)8-23)15(21)18(14(16)20)6-12(3)9-24;;;/h10-12,22-24H,4-9H2,1-3H3;;;/p-3. The first-order chi connectivity index (χ1) is 11.3. The van der Waals surface area contributed by atoms with Gasteiger partial charge < -0.3 is 37.9 Å². The minimum Gasteiger partial charge on any atom is -0.792 e. The van der Waals surface area contributed by atoms with Crippen LogP contribution in [0.2, 0.25) is 0 Å². The van der Waals surface area contributed by atoms with Crippen molar-refractivity contribution in [2.24, 2.45) is 17.8 Å². The maximum atomic E-state index is 12.6. The van der Waals surface area contributed by atoms with E-state index in [-0.39, 0.29) is 136 Å². The predicted octanol–water partition coefficient (Wildman–Crippen LogP) is -0.287. The zero-order valence-corrected chi connectivity index (χ0v) is 27.0.